The van der Waals surface area contributed by atoms with E-state index < -0.39 is 16.4 Å². The molecule has 6 nitrogen and oxygen atoms in total. The minimum atomic E-state index is -0.851. The van der Waals surface area contributed by atoms with Crippen molar-refractivity contribution < 1.29 is 14.8 Å². The molecule has 0 fully saturated rings. The van der Waals surface area contributed by atoms with Crippen LogP contribution >= 0.6 is 0 Å². The number of nitro groups is 1. The van der Waals surface area contributed by atoms with E-state index in [0.717, 1.165) is 0 Å². The summed E-state index contributed by atoms with van der Waals surface area (Å²) < 4.78 is 5.58. The maximum Gasteiger partial charge on any atom is 0.270 e. The van der Waals surface area contributed by atoms with Crippen LogP contribution in [0, 0.1) is 26.9 Å². The van der Waals surface area contributed by atoms with Crippen molar-refractivity contribution in [1.82, 2.24) is 0 Å². The predicted octanol–water partition coefficient (Wildman–Crippen LogP) is 3.36. The Hall–Kier alpha value is -2.13. The molecule has 6 heteroatoms. The van der Waals surface area contributed by atoms with E-state index in [9.17, 15) is 15.2 Å². The summed E-state index contributed by atoms with van der Waals surface area (Å²) in [6.07, 6.45) is 0.535. The number of ether oxygens (including phenoxy) is 1. The smallest absolute Gasteiger partial charge is 0.270 e. The number of nitro benzene ring substituents is 1. The van der Waals surface area contributed by atoms with E-state index >= 15 is 0 Å². The van der Waals surface area contributed by atoms with Crippen molar-refractivity contribution in [3.8, 4) is 11.8 Å². The molecular weight excluding hydrogens is 272 g/mol. The quantitative estimate of drug-likeness (QED) is 0.472. The molecule has 0 spiro atoms. The Labute approximate surface area is 124 Å². The second-order valence-electron chi connectivity index (χ2n) is 5.60. The van der Waals surface area contributed by atoms with Crippen molar-refractivity contribution in [3.05, 3.63) is 33.9 Å². The zero-order chi connectivity index (χ0) is 16.0. The maximum absolute atomic E-state index is 10.7. The Morgan fingerprint density at radius 3 is 2.71 bits per heavy atom. The van der Waals surface area contributed by atoms with Crippen molar-refractivity contribution in [1.29, 1.82) is 5.26 Å². The first-order chi connectivity index (χ1) is 9.76. The third kappa shape index (κ3) is 5.04. The summed E-state index contributed by atoms with van der Waals surface area (Å²) in [4.78, 5) is 10.2. The van der Waals surface area contributed by atoms with Crippen LogP contribution in [0.2, 0.25) is 0 Å². The summed E-state index contributed by atoms with van der Waals surface area (Å²) in [5.74, 6) is 0.436. The predicted molar refractivity (Wildman–Crippen MR) is 77.9 cm³/mol. The van der Waals surface area contributed by atoms with E-state index in [4.69, 9.17) is 10.00 Å². The Morgan fingerprint density at radius 2 is 2.19 bits per heavy atom. The fourth-order valence-electron chi connectivity index (χ4n) is 1.86. The highest BCUT2D eigenvalue weighted by molar-refractivity contribution is 5.44. The standard InChI is InChI=1S/C15H20N2O4/c1-11(18)13-9-12(17(19)20)5-6-14(13)21-8-4-7-15(2,3)10-16/h5-6,9,11,18H,4,7-8H2,1-3H3/t11-/m0/s1. The topological polar surface area (TPSA) is 96.4 Å². The molecule has 0 heterocycles. The van der Waals surface area contributed by atoms with E-state index in [1.54, 1.807) is 0 Å². The molecular formula is C15H20N2O4. The molecule has 1 rings (SSSR count). The van der Waals surface area contributed by atoms with Crippen LogP contribution in [0.1, 0.15) is 45.3 Å². The fourth-order valence-corrected chi connectivity index (χ4v) is 1.86. The summed E-state index contributed by atoms with van der Waals surface area (Å²) >= 11 is 0. The number of non-ortho nitro benzene ring substituents is 1. The van der Waals surface area contributed by atoms with Gasteiger partial charge in [0.2, 0.25) is 0 Å². The van der Waals surface area contributed by atoms with Crippen molar-refractivity contribution in [3.63, 3.8) is 0 Å². The average Bonchev–Trinajstić information content (AvgIpc) is 2.43. The van der Waals surface area contributed by atoms with E-state index in [1.807, 2.05) is 13.8 Å². The van der Waals surface area contributed by atoms with Gasteiger partial charge in [0.1, 0.15) is 5.75 Å². The van der Waals surface area contributed by atoms with E-state index in [0.29, 0.717) is 30.8 Å². The number of hydrogen-bond donors (Lipinski definition) is 1. The van der Waals surface area contributed by atoms with Crippen LogP contribution in [-0.2, 0) is 0 Å². The monoisotopic (exact) mass is 292 g/mol. The molecule has 0 radical (unpaired) electrons. The van der Waals surface area contributed by atoms with Gasteiger partial charge in [0.25, 0.3) is 5.69 Å². The minimum Gasteiger partial charge on any atom is -0.493 e. The number of rotatable bonds is 7. The van der Waals surface area contributed by atoms with Crippen molar-refractivity contribution >= 4 is 5.69 Å². The lowest BCUT2D eigenvalue weighted by Gasteiger charge is -2.16. The average molecular weight is 292 g/mol. The van der Waals surface area contributed by atoms with E-state index in [2.05, 4.69) is 6.07 Å². The van der Waals surface area contributed by atoms with Gasteiger partial charge in [-0.15, -0.1) is 0 Å². The number of nitrogens with zero attached hydrogens (tertiary/aromatic N) is 2. The minimum absolute atomic E-state index is 0.0798. The zero-order valence-electron chi connectivity index (χ0n) is 12.5. The first-order valence-electron chi connectivity index (χ1n) is 6.77. The highest BCUT2D eigenvalue weighted by Crippen LogP contribution is 2.30. The van der Waals surface area contributed by atoms with Gasteiger partial charge in [0.15, 0.2) is 0 Å². The van der Waals surface area contributed by atoms with Crippen molar-refractivity contribution in [2.45, 2.75) is 39.7 Å². The first kappa shape index (κ1) is 16.9. The van der Waals surface area contributed by atoms with Crippen LogP contribution in [0.3, 0.4) is 0 Å². The lowest BCUT2D eigenvalue weighted by Crippen LogP contribution is -2.10. The van der Waals surface area contributed by atoms with Gasteiger partial charge in [0, 0.05) is 17.7 Å². The van der Waals surface area contributed by atoms with Gasteiger partial charge in [0.05, 0.1) is 29.1 Å². The Balaban J connectivity index is 2.71. The largest absolute Gasteiger partial charge is 0.493 e. The molecule has 0 aliphatic rings. The zero-order valence-corrected chi connectivity index (χ0v) is 12.5. The van der Waals surface area contributed by atoms with Gasteiger partial charge in [-0.25, -0.2) is 0 Å². The third-order valence-electron chi connectivity index (χ3n) is 3.16. The van der Waals surface area contributed by atoms with Crippen LogP contribution in [-0.4, -0.2) is 16.6 Å². The molecule has 0 saturated carbocycles. The molecule has 0 unspecified atom stereocenters. The van der Waals surface area contributed by atoms with Crippen LogP contribution in [0.5, 0.6) is 5.75 Å². The molecule has 0 saturated heterocycles. The molecule has 1 atom stereocenters. The highest BCUT2D eigenvalue weighted by atomic mass is 16.6. The van der Waals surface area contributed by atoms with E-state index in [-0.39, 0.29) is 5.69 Å². The van der Waals surface area contributed by atoms with Gasteiger partial charge in [-0.05, 0) is 39.7 Å². The molecule has 0 aliphatic heterocycles. The molecule has 114 valence electrons. The lowest BCUT2D eigenvalue weighted by molar-refractivity contribution is -0.385. The molecule has 1 aromatic carbocycles. The molecule has 0 aliphatic carbocycles. The van der Waals surface area contributed by atoms with E-state index in [1.165, 1.54) is 25.1 Å². The fraction of sp³-hybridized carbons (Fsp3) is 0.533. The van der Waals surface area contributed by atoms with Gasteiger partial charge >= 0.3 is 0 Å². The summed E-state index contributed by atoms with van der Waals surface area (Å²) in [5.41, 5.74) is -0.0843. The Morgan fingerprint density at radius 1 is 1.52 bits per heavy atom. The van der Waals surface area contributed by atoms with Crippen molar-refractivity contribution in [2.75, 3.05) is 6.61 Å². The molecule has 1 aromatic rings. The van der Waals surface area contributed by atoms with Gasteiger partial charge in [-0.2, -0.15) is 5.26 Å². The number of aliphatic hydroxyl groups is 1. The van der Waals surface area contributed by atoms with Gasteiger partial charge < -0.3 is 9.84 Å². The Kier molecular flexibility index (Phi) is 5.68. The number of hydrogen-bond acceptors (Lipinski definition) is 5. The molecule has 21 heavy (non-hydrogen) atoms. The number of aliphatic hydroxyl groups excluding tert-OH is 1. The highest BCUT2D eigenvalue weighted by Gasteiger charge is 2.17. The summed E-state index contributed by atoms with van der Waals surface area (Å²) in [6.45, 7) is 5.65. The number of nitriles is 1. The summed E-state index contributed by atoms with van der Waals surface area (Å²) in [7, 11) is 0. The van der Waals surface area contributed by atoms with Crippen LogP contribution in [0.25, 0.3) is 0 Å². The van der Waals surface area contributed by atoms with Gasteiger partial charge in [-0.3, -0.25) is 10.1 Å². The first-order valence-corrected chi connectivity index (χ1v) is 6.77. The molecule has 0 bridgehead atoms. The normalized spacial score (nSPS) is 12.5. The van der Waals surface area contributed by atoms with Gasteiger partial charge in [-0.1, -0.05) is 0 Å². The van der Waals surface area contributed by atoms with Crippen molar-refractivity contribution in [2.24, 2.45) is 5.41 Å². The molecule has 1 N–H and O–H groups in total. The second-order valence-corrected chi connectivity index (χ2v) is 5.60. The lowest BCUT2D eigenvalue weighted by atomic mass is 9.90. The number of benzene rings is 1. The molecule has 0 aromatic heterocycles. The molecule has 0 amide bonds. The summed E-state index contributed by atoms with van der Waals surface area (Å²) in [6, 6.07) is 6.38. The second kappa shape index (κ2) is 7.04. The SMILES string of the molecule is C[C@H](O)c1cc([N+](=O)[O-])ccc1OCCCC(C)(C)C#N. The maximum atomic E-state index is 10.7. The van der Waals surface area contributed by atoms with Crippen LogP contribution < -0.4 is 4.74 Å². The van der Waals surface area contributed by atoms with Crippen LogP contribution in [0.15, 0.2) is 18.2 Å². The summed E-state index contributed by atoms with van der Waals surface area (Å²) in [5, 5.41) is 29.4. The Bertz CT molecular complexity index is 547. The third-order valence-corrected chi connectivity index (χ3v) is 3.16. The van der Waals surface area contributed by atoms with Crippen LogP contribution in [0.4, 0.5) is 5.69 Å².